The third-order valence-corrected chi connectivity index (χ3v) is 8.98. The second-order valence-electron chi connectivity index (χ2n) is 13.5. The molecule has 7 heteroatoms. The molecule has 4 rings (SSSR count). The third-order valence-electron chi connectivity index (χ3n) is 8.98. The number of β-amino-alcohol motifs (C(OH)–C–C–N with tert-alkyl or cyclic N) is 1. The Morgan fingerprint density at radius 1 is 1.02 bits per heavy atom. The number of unbranched alkanes of at least 4 members (excludes halogenated alkanes) is 1. The van der Waals surface area contributed by atoms with Gasteiger partial charge in [0.1, 0.15) is 5.75 Å². The van der Waals surface area contributed by atoms with Gasteiger partial charge in [-0.1, -0.05) is 69.0 Å². The van der Waals surface area contributed by atoms with Crippen LogP contribution < -0.4 is 10.6 Å². The summed E-state index contributed by atoms with van der Waals surface area (Å²) in [5.74, 6) is 0.905. The summed E-state index contributed by atoms with van der Waals surface area (Å²) in [6.45, 7) is 9.15. The zero-order valence-electron chi connectivity index (χ0n) is 25.9. The van der Waals surface area contributed by atoms with E-state index < -0.39 is 12.1 Å². The van der Waals surface area contributed by atoms with Crippen molar-refractivity contribution in [3.63, 3.8) is 0 Å². The molecule has 2 amide bonds. The second kappa shape index (κ2) is 14.5. The molecule has 230 valence electrons. The number of fused-ring (bicyclic) bond motifs is 1. The van der Waals surface area contributed by atoms with Gasteiger partial charge in [0.15, 0.2) is 0 Å². The van der Waals surface area contributed by atoms with Crippen molar-refractivity contribution in [2.75, 3.05) is 13.1 Å². The van der Waals surface area contributed by atoms with E-state index in [0.29, 0.717) is 42.3 Å². The number of benzene rings is 2. The molecule has 2 fully saturated rings. The Labute approximate surface area is 252 Å². The molecule has 2 aromatic rings. The maximum Gasteiger partial charge on any atom is 0.252 e. The fourth-order valence-corrected chi connectivity index (χ4v) is 6.80. The summed E-state index contributed by atoms with van der Waals surface area (Å²) in [6, 6.07) is 14.0. The SMILES string of the molecule is CCCCc1c(O)cccc1C(=O)N[C@@H](Cc1ccccc1)[C@@H](O)CN1C[C@H]2CCCC[C@H]2C[C@H]1C(=O)NC(C)(C)C. The van der Waals surface area contributed by atoms with Crippen LogP contribution in [0, 0.1) is 11.8 Å². The summed E-state index contributed by atoms with van der Waals surface area (Å²) in [5, 5.41) is 28.6. The second-order valence-corrected chi connectivity index (χ2v) is 13.5. The van der Waals surface area contributed by atoms with Crippen molar-refractivity contribution < 1.29 is 19.8 Å². The molecule has 1 saturated heterocycles. The van der Waals surface area contributed by atoms with Crippen molar-refractivity contribution in [2.24, 2.45) is 11.8 Å². The van der Waals surface area contributed by atoms with Gasteiger partial charge in [-0.05, 0) is 82.4 Å². The number of piperidine rings is 1. The van der Waals surface area contributed by atoms with Gasteiger partial charge >= 0.3 is 0 Å². The first kappa shape index (κ1) is 32.0. The first-order valence-corrected chi connectivity index (χ1v) is 16.0. The lowest BCUT2D eigenvalue weighted by Gasteiger charge is -2.47. The van der Waals surface area contributed by atoms with Crippen LogP contribution in [-0.4, -0.2) is 63.7 Å². The van der Waals surface area contributed by atoms with Crippen LogP contribution in [0.2, 0.25) is 0 Å². The van der Waals surface area contributed by atoms with Crippen molar-refractivity contribution in [1.29, 1.82) is 0 Å². The number of hydrogen-bond acceptors (Lipinski definition) is 5. The molecule has 5 atom stereocenters. The third kappa shape index (κ3) is 8.57. The zero-order chi connectivity index (χ0) is 30.3. The number of phenols is 1. The smallest absolute Gasteiger partial charge is 0.252 e. The Bertz CT molecular complexity index is 1180. The van der Waals surface area contributed by atoms with Crippen molar-refractivity contribution >= 4 is 11.8 Å². The van der Waals surface area contributed by atoms with Crippen LogP contribution in [0.25, 0.3) is 0 Å². The van der Waals surface area contributed by atoms with Crippen LogP contribution in [-0.2, 0) is 17.6 Å². The van der Waals surface area contributed by atoms with Gasteiger partial charge in [-0.25, -0.2) is 0 Å². The number of phenolic OH excluding ortho intramolecular Hbond substituents is 1. The molecule has 0 spiro atoms. The number of nitrogens with zero attached hydrogens (tertiary/aromatic N) is 1. The molecule has 0 aromatic heterocycles. The monoisotopic (exact) mass is 577 g/mol. The topological polar surface area (TPSA) is 102 Å². The Kier molecular flexibility index (Phi) is 11.1. The number of hydrogen-bond donors (Lipinski definition) is 4. The van der Waals surface area contributed by atoms with Gasteiger partial charge < -0.3 is 20.8 Å². The van der Waals surface area contributed by atoms with E-state index >= 15 is 0 Å². The first-order chi connectivity index (χ1) is 20.1. The van der Waals surface area contributed by atoms with E-state index in [1.165, 1.54) is 12.8 Å². The summed E-state index contributed by atoms with van der Waals surface area (Å²) >= 11 is 0. The molecule has 1 saturated carbocycles. The van der Waals surface area contributed by atoms with Gasteiger partial charge in [0, 0.05) is 29.8 Å². The van der Waals surface area contributed by atoms with Crippen molar-refractivity contribution in [1.82, 2.24) is 15.5 Å². The normalized spacial score (nSPS) is 22.5. The molecule has 0 radical (unpaired) electrons. The highest BCUT2D eigenvalue weighted by Gasteiger charge is 2.41. The van der Waals surface area contributed by atoms with E-state index in [4.69, 9.17) is 0 Å². The molecule has 4 N–H and O–H groups in total. The van der Waals surface area contributed by atoms with E-state index in [1.54, 1.807) is 18.2 Å². The van der Waals surface area contributed by atoms with Gasteiger partial charge in [-0.15, -0.1) is 0 Å². The van der Waals surface area contributed by atoms with Crippen LogP contribution in [0.3, 0.4) is 0 Å². The van der Waals surface area contributed by atoms with Gasteiger partial charge in [0.05, 0.1) is 18.2 Å². The lowest BCUT2D eigenvalue weighted by Crippen LogP contribution is -2.60. The Morgan fingerprint density at radius 2 is 1.74 bits per heavy atom. The minimum atomic E-state index is -0.893. The molecule has 0 unspecified atom stereocenters. The summed E-state index contributed by atoms with van der Waals surface area (Å²) < 4.78 is 0. The van der Waals surface area contributed by atoms with Crippen LogP contribution in [0.4, 0.5) is 0 Å². The largest absolute Gasteiger partial charge is 0.508 e. The first-order valence-electron chi connectivity index (χ1n) is 16.0. The predicted molar refractivity (Wildman–Crippen MR) is 167 cm³/mol. The molecule has 0 bridgehead atoms. The van der Waals surface area contributed by atoms with E-state index in [2.05, 4.69) is 22.5 Å². The number of rotatable bonds is 11. The van der Waals surface area contributed by atoms with Gasteiger partial charge in [-0.2, -0.15) is 0 Å². The molecular formula is C35H51N3O4. The van der Waals surface area contributed by atoms with Crippen LogP contribution >= 0.6 is 0 Å². The Balaban J connectivity index is 1.57. The van der Waals surface area contributed by atoms with Crippen molar-refractivity contribution in [3.05, 3.63) is 65.2 Å². The highest BCUT2D eigenvalue weighted by atomic mass is 16.3. The number of carbonyl (C=O) groups excluding carboxylic acids is 2. The number of nitrogens with one attached hydrogen (secondary N) is 2. The highest BCUT2D eigenvalue weighted by molar-refractivity contribution is 5.96. The van der Waals surface area contributed by atoms with Gasteiger partial charge in [0.2, 0.25) is 5.91 Å². The van der Waals surface area contributed by atoms with Gasteiger partial charge in [0.25, 0.3) is 5.91 Å². The fourth-order valence-electron chi connectivity index (χ4n) is 6.80. The van der Waals surface area contributed by atoms with Crippen molar-refractivity contribution in [3.8, 4) is 5.75 Å². The van der Waals surface area contributed by atoms with E-state index in [9.17, 15) is 19.8 Å². The average molecular weight is 578 g/mol. The predicted octanol–water partition coefficient (Wildman–Crippen LogP) is 5.23. The maximum absolute atomic E-state index is 13.7. The number of aromatic hydroxyl groups is 1. The number of aliphatic hydroxyl groups is 1. The number of carbonyl (C=O) groups is 2. The summed E-state index contributed by atoms with van der Waals surface area (Å²) in [6.07, 6.45) is 7.55. The quantitative estimate of drug-likeness (QED) is 0.293. The summed E-state index contributed by atoms with van der Waals surface area (Å²) in [4.78, 5) is 29.4. The standard InChI is InChI=1S/C35H51N3O4/c1-5-6-17-27-28(18-12-19-31(27)39)33(41)36-29(20-24-13-8-7-9-14-24)32(40)23-38-22-26-16-11-10-15-25(26)21-30(38)34(42)37-35(2,3)4/h7-9,12-14,18-19,25-26,29-30,32,39-40H,5-6,10-11,15-17,20-23H2,1-4H3,(H,36,41)(H,37,42)/t25-,26+,29-,30-,32-/m0/s1. The zero-order valence-corrected chi connectivity index (χ0v) is 25.9. The summed E-state index contributed by atoms with van der Waals surface area (Å²) in [7, 11) is 0. The molecule has 1 heterocycles. The molecule has 42 heavy (non-hydrogen) atoms. The van der Waals surface area contributed by atoms with Crippen LogP contribution in [0.15, 0.2) is 48.5 Å². The number of amides is 2. The van der Waals surface area contributed by atoms with Crippen LogP contribution in [0.5, 0.6) is 5.75 Å². The number of aliphatic hydroxyl groups excluding tert-OH is 1. The Hall–Kier alpha value is -2.90. The Morgan fingerprint density at radius 3 is 2.43 bits per heavy atom. The lowest BCUT2D eigenvalue weighted by atomic mass is 9.72. The molecule has 2 aliphatic rings. The van der Waals surface area contributed by atoms with E-state index in [0.717, 1.165) is 44.2 Å². The molecule has 1 aliphatic carbocycles. The number of likely N-dealkylation sites (tertiary alicyclic amines) is 1. The molecular weight excluding hydrogens is 526 g/mol. The minimum Gasteiger partial charge on any atom is -0.508 e. The summed E-state index contributed by atoms with van der Waals surface area (Å²) in [5.41, 5.74) is 1.75. The van der Waals surface area contributed by atoms with E-state index in [1.807, 2.05) is 51.1 Å². The minimum absolute atomic E-state index is 0.0164. The lowest BCUT2D eigenvalue weighted by molar-refractivity contribution is -0.132. The molecule has 7 nitrogen and oxygen atoms in total. The van der Waals surface area contributed by atoms with E-state index in [-0.39, 0.29) is 29.1 Å². The maximum atomic E-state index is 13.7. The van der Waals surface area contributed by atoms with Gasteiger partial charge in [-0.3, -0.25) is 14.5 Å². The highest BCUT2D eigenvalue weighted by Crippen LogP contribution is 2.39. The molecule has 1 aliphatic heterocycles. The molecule has 2 aromatic carbocycles. The average Bonchev–Trinajstić information content (AvgIpc) is 2.95. The van der Waals surface area contributed by atoms with Crippen LogP contribution in [0.1, 0.15) is 94.1 Å². The fraction of sp³-hybridized carbons (Fsp3) is 0.600. The van der Waals surface area contributed by atoms with Crippen molar-refractivity contribution in [2.45, 2.75) is 109 Å².